The van der Waals surface area contributed by atoms with Crippen LogP contribution in [0.2, 0.25) is 0 Å². The largest absolute Gasteiger partial charge is 0.508 e. The van der Waals surface area contributed by atoms with E-state index in [0.717, 1.165) is 37.3 Å². The van der Waals surface area contributed by atoms with E-state index in [1.54, 1.807) is 7.05 Å². The molecule has 0 heterocycles. The van der Waals surface area contributed by atoms with Crippen molar-refractivity contribution in [3.63, 3.8) is 0 Å². The summed E-state index contributed by atoms with van der Waals surface area (Å²) >= 11 is 0. The molecule has 2 rings (SSSR count). The van der Waals surface area contributed by atoms with Crippen molar-refractivity contribution in [2.24, 2.45) is 10.9 Å². The third-order valence-corrected chi connectivity index (χ3v) is 4.30. The van der Waals surface area contributed by atoms with E-state index in [4.69, 9.17) is 0 Å². The van der Waals surface area contributed by atoms with Gasteiger partial charge in [0.2, 0.25) is 0 Å². The highest BCUT2D eigenvalue weighted by atomic mass is 16.3. The normalized spacial score (nSPS) is 14.8. The Kier molecular flexibility index (Phi) is 6.10. The van der Waals surface area contributed by atoms with Gasteiger partial charge in [-0.1, -0.05) is 19.9 Å². The molecule has 0 radical (unpaired) electrons. The first-order valence-corrected chi connectivity index (χ1v) is 8.39. The molecule has 1 aliphatic carbocycles. The van der Waals surface area contributed by atoms with Crippen LogP contribution < -0.4 is 10.6 Å². The molecule has 0 atom stereocenters. The molecular formula is C18H29N3O. The fraction of sp³-hybridized carbons (Fsp3) is 0.611. The quantitative estimate of drug-likeness (QED) is 0.579. The van der Waals surface area contributed by atoms with E-state index in [1.165, 1.54) is 24.0 Å². The maximum atomic E-state index is 10.2. The summed E-state index contributed by atoms with van der Waals surface area (Å²) in [5.41, 5.74) is 3.75. The smallest absolute Gasteiger partial charge is 0.191 e. The molecule has 0 aliphatic heterocycles. The average Bonchev–Trinajstić information content (AvgIpc) is 2.51. The van der Waals surface area contributed by atoms with Crippen LogP contribution >= 0.6 is 0 Å². The van der Waals surface area contributed by atoms with Gasteiger partial charge in [-0.05, 0) is 55.2 Å². The summed E-state index contributed by atoms with van der Waals surface area (Å²) in [4.78, 5) is 4.25. The van der Waals surface area contributed by atoms with Crippen LogP contribution in [-0.2, 0) is 19.4 Å². The Morgan fingerprint density at radius 1 is 1.23 bits per heavy atom. The zero-order valence-electron chi connectivity index (χ0n) is 14.1. The van der Waals surface area contributed by atoms with E-state index in [1.807, 2.05) is 6.07 Å². The standard InChI is InChI=1S/C18H29N3O/c1-13(2)10-11-20-18(19-3)21-12-16-15-7-5-4-6-14(15)8-9-17(16)22/h8-9,13,22H,4-7,10-12H2,1-3H3,(H2,19,20,21). The molecule has 4 nitrogen and oxygen atoms in total. The number of aromatic hydroxyl groups is 1. The molecule has 0 saturated heterocycles. The van der Waals surface area contributed by atoms with Crippen molar-refractivity contribution in [3.8, 4) is 5.75 Å². The molecule has 1 aromatic carbocycles. The number of phenolic OH excluding ortho intramolecular Hbond substituents is 1. The van der Waals surface area contributed by atoms with Crippen molar-refractivity contribution < 1.29 is 5.11 Å². The van der Waals surface area contributed by atoms with Crippen LogP contribution in [0.5, 0.6) is 5.75 Å². The minimum Gasteiger partial charge on any atom is -0.508 e. The molecule has 1 aromatic rings. The van der Waals surface area contributed by atoms with Crippen LogP contribution in [0, 0.1) is 5.92 Å². The van der Waals surface area contributed by atoms with Gasteiger partial charge in [0, 0.05) is 25.7 Å². The van der Waals surface area contributed by atoms with E-state index in [-0.39, 0.29) is 0 Å². The number of nitrogens with one attached hydrogen (secondary N) is 2. The van der Waals surface area contributed by atoms with Gasteiger partial charge in [0.1, 0.15) is 5.75 Å². The Morgan fingerprint density at radius 3 is 2.73 bits per heavy atom. The Balaban J connectivity index is 1.98. The second-order valence-electron chi connectivity index (χ2n) is 6.44. The van der Waals surface area contributed by atoms with Gasteiger partial charge in [-0.25, -0.2) is 0 Å². The molecule has 0 unspecified atom stereocenters. The monoisotopic (exact) mass is 303 g/mol. The molecular weight excluding hydrogens is 274 g/mol. The summed E-state index contributed by atoms with van der Waals surface area (Å²) in [7, 11) is 1.78. The van der Waals surface area contributed by atoms with Crippen LogP contribution in [0.15, 0.2) is 17.1 Å². The lowest BCUT2D eigenvalue weighted by atomic mass is 9.88. The predicted octanol–water partition coefficient (Wildman–Crippen LogP) is 2.98. The maximum absolute atomic E-state index is 10.2. The third-order valence-electron chi connectivity index (χ3n) is 4.30. The number of benzene rings is 1. The predicted molar refractivity (Wildman–Crippen MR) is 92.4 cm³/mol. The first-order valence-electron chi connectivity index (χ1n) is 8.39. The molecule has 0 fully saturated rings. The molecule has 22 heavy (non-hydrogen) atoms. The second-order valence-corrected chi connectivity index (χ2v) is 6.44. The zero-order chi connectivity index (χ0) is 15.9. The van der Waals surface area contributed by atoms with E-state index < -0.39 is 0 Å². The first-order chi connectivity index (χ1) is 10.6. The van der Waals surface area contributed by atoms with E-state index in [2.05, 4.69) is 35.5 Å². The minimum absolute atomic E-state index is 0.394. The van der Waals surface area contributed by atoms with Crippen LogP contribution in [-0.4, -0.2) is 24.7 Å². The number of aryl methyl sites for hydroxylation is 1. The van der Waals surface area contributed by atoms with Gasteiger partial charge in [0.25, 0.3) is 0 Å². The van der Waals surface area contributed by atoms with Gasteiger partial charge in [0.05, 0.1) is 0 Å². The van der Waals surface area contributed by atoms with E-state index >= 15 is 0 Å². The Labute approximate surface area is 134 Å². The number of hydrogen-bond donors (Lipinski definition) is 3. The number of aliphatic imine (C=N–C) groups is 1. The summed E-state index contributed by atoms with van der Waals surface area (Å²) in [6.07, 6.45) is 5.78. The molecule has 0 spiro atoms. The van der Waals surface area contributed by atoms with Crippen LogP contribution in [0.25, 0.3) is 0 Å². The lowest BCUT2D eigenvalue weighted by Crippen LogP contribution is -2.37. The second kappa shape index (κ2) is 8.06. The number of fused-ring (bicyclic) bond motifs is 1. The molecule has 0 saturated carbocycles. The summed E-state index contributed by atoms with van der Waals surface area (Å²) < 4.78 is 0. The summed E-state index contributed by atoms with van der Waals surface area (Å²) in [5.74, 6) is 1.87. The fourth-order valence-electron chi connectivity index (χ4n) is 2.96. The van der Waals surface area contributed by atoms with Crippen molar-refractivity contribution in [2.75, 3.05) is 13.6 Å². The van der Waals surface area contributed by atoms with Crippen LogP contribution in [0.3, 0.4) is 0 Å². The number of nitrogens with zero attached hydrogens (tertiary/aromatic N) is 1. The van der Waals surface area contributed by atoms with Gasteiger partial charge < -0.3 is 15.7 Å². The highest BCUT2D eigenvalue weighted by Crippen LogP contribution is 2.30. The Bertz CT molecular complexity index is 523. The van der Waals surface area contributed by atoms with Gasteiger partial charge in [0.15, 0.2) is 5.96 Å². The molecule has 3 N–H and O–H groups in total. The first kappa shape index (κ1) is 16.7. The number of phenols is 1. The molecule has 0 aromatic heterocycles. The highest BCUT2D eigenvalue weighted by molar-refractivity contribution is 5.79. The summed E-state index contributed by atoms with van der Waals surface area (Å²) in [6.45, 7) is 5.96. The Hall–Kier alpha value is -1.71. The van der Waals surface area contributed by atoms with Crippen LogP contribution in [0.4, 0.5) is 0 Å². The number of rotatable bonds is 5. The highest BCUT2D eigenvalue weighted by Gasteiger charge is 2.16. The number of hydrogen-bond acceptors (Lipinski definition) is 2. The minimum atomic E-state index is 0.394. The molecule has 1 aliphatic rings. The van der Waals surface area contributed by atoms with Gasteiger partial charge in [-0.3, -0.25) is 4.99 Å². The molecule has 4 heteroatoms. The zero-order valence-corrected chi connectivity index (χ0v) is 14.1. The lowest BCUT2D eigenvalue weighted by Gasteiger charge is -2.21. The van der Waals surface area contributed by atoms with Crippen LogP contribution in [0.1, 0.15) is 49.8 Å². The topological polar surface area (TPSA) is 56.7 Å². The molecule has 122 valence electrons. The third kappa shape index (κ3) is 4.39. The van der Waals surface area contributed by atoms with Crippen molar-refractivity contribution in [1.82, 2.24) is 10.6 Å². The van der Waals surface area contributed by atoms with Crippen molar-refractivity contribution in [2.45, 2.75) is 52.5 Å². The van der Waals surface area contributed by atoms with Gasteiger partial charge in [-0.2, -0.15) is 0 Å². The van der Waals surface area contributed by atoms with Gasteiger partial charge >= 0.3 is 0 Å². The van der Waals surface area contributed by atoms with Crippen molar-refractivity contribution in [3.05, 3.63) is 28.8 Å². The summed E-state index contributed by atoms with van der Waals surface area (Å²) in [6, 6.07) is 3.90. The SMILES string of the molecule is CN=C(NCCC(C)C)NCc1c(O)ccc2c1CCCC2. The average molecular weight is 303 g/mol. The van der Waals surface area contributed by atoms with Crippen molar-refractivity contribution >= 4 is 5.96 Å². The lowest BCUT2D eigenvalue weighted by molar-refractivity contribution is 0.464. The van der Waals surface area contributed by atoms with Gasteiger partial charge in [-0.15, -0.1) is 0 Å². The summed E-state index contributed by atoms with van der Waals surface area (Å²) in [5, 5.41) is 16.9. The molecule has 0 bridgehead atoms. The number of guanidine groups is 1. The maximum Gasteiger partial charge on any atom is 0.191 e. The molecule has 0 amide bonds. The van der Waals surface area contributed by atoms with E-state index in [0.29, 0.717) is 18.2 Å². The fourth-order valence-corrected chi connectivity index (χ4v) is 2.96. The van der Waals surface area contributed by atoms with E-state index in [9.17, 15) is 5.11 Å². The van der Waals surface area contributed by atoms with Crippen molar-refractivity contribution in [1.29, 1.82) is 0 Å². The Morgan fingerprint density at radius 2 is 2.00 bits per heavy atom.